The fourth-order valence-corrected chi connectivity index (χ4v) is 10.9. The Labute approximate surface area is 416 Å². The predicted octanol–water partition coefficient (Wildman–Crippen LogP) is 10.1. The van der Waals surface area contributed by atoms with E-state index in [-0.39, 0.29) is 71.5 Å². The van der Waals surface area contributed by atoms with Gasteiger partial charge in [0.25, 0.3) is 0 Å². The van der Waals surface area contributed by atoms with Crippen molar-refractivity contribution in [2.75, 3.05) is 20.3 Å². The van der Waals surface area contributed by atoms with E-state index in [0.29, 0.717) is 62.4 Å². The van der Waals surface area contributed by atoms with Gasteiger partial charge in [0.2, 0.25) is 0 Å². The topological polar surface area (TPSA) is 167 Å². The molecule has 0 saturated carbocycles. The number of methoxy groups -OCH3 is 1. The van der Waals surface area contributed by atoms with Gasteiger partial charge in [-0.25, -0.2) is 0 Å². The van der Waals surface area contributed by atoms with Crippen molar-refractivity contribution < 1.29 is 34.1 Å². The van der Waals surface area contributed by atoms with Gasteiger partial charge in [-0.2, -0.15) is 17.1 Å². The van der Waals surface area contributed by atoms with Gasteiger partial charge in [-0.3, -0.25) is 14.4 Å². The molecule has 0 spiro atoms. The summed E-state index contributed by atoms with van der Waals surface area (Å²) in [6.07, 6.45) is 20.2. The second kappa shape index (κ2) is 24.0. The molecule has 2 fully saturated rings. The van der Waals surface area contributed by atoms with E-state index in [9.17, 15) is 24.6 Å². The van der Waals surface area contributed by atoms with Gasteiger partial charge in [0, 0.05) is 17.2 Å². The normalized spacial score (nSPS) is 25.3. The van der Waals surface area contributed by atoms with Crippen molar-refractivity contribution in [2.45, 2.75) is 152 Å². The second-order valence-electron chi connectivity index (χ2n) is 20.4. The van der Waals surface area contributed by atoms with Gasteiger partial charge in [0.15, 0.2) is 5.78 Å². The maximum absolute atomic E-state index is 13.7. The van der Waals surface area contributed by atoms with Gasteiger partial charge in [0.05, 0.1) is 7.11 Å². The Hall–Kier alpha value is -4.00. The molecule has 362 valence electrons. The van der Waals surface area contributed by atoms with Crippen LogP contribution in [0.25, 0.3) is 40.2 Å². The Morgan fingerprint density at radius 2 is 1.45 bits per heavy atom. The Bertz CT molecular complexity index is 2360. The molecule has 5 heterocycles. The average molecular weight is 930 g/mol. The molecular formula is C55H76MgN4O7-2. The minimum atomic E-state index is -1.13. The van der Waals surface area contributed by atoms with Crippen molar-refractivity contribution in [3.8, 4) is 0 Å². The van der Waals surface area contributed by atoms with Crippen molar-refractivity contribution >= 4 is 70.3 Å². The van der Waals surface area contributed by atoms with Crippen LogP contribution in [0.4, 0.5) is 0 Å². The molecule has 0 radical (unpaired) electrons. The summed E-state index contributed by atoms with van der Waals surface area (Å²) < 4.78 is 11.1. The molecule has 6 rings (SSSR count). The number of carbonyl (C=O) groups excluding carboxylic acids is 3. The molecule has 67 heavy (non-hydrogen) atoms. The predicted molar refractivity (Wildman–Crippen MR) is 269 cm³/mol. The maximum Gasteiger partial charge on any atom is 2.00 e. The smallest absolute Gasteiger partial charge is 0.681 e. The number of aliphatic hydroxyl groups is 2. The molecular weight excluding hydrogens is 853 g/mol. The number of aliphatic hydroxyl groups excluding tert-OH is 2. The van der Waals surface area contributed by atoms with Crippen LogP contribution >= 0.6 is 0 Å². The number of rotatable bonds is 21. The summed E-state index contributed by atoms with van der Waals surface area (Å²) in [5, 5.41) is 33.3. The van der Waals surface area contributed by atoms with Crippen molar-refractivity contribution in [1.82, 2.24) is 9.97 Å². The Morgan fingerprint density at radius 3 is 2.09 bits per heavy atom. The standard InChI is InChI=1S/C55H77N4O7.Mg/c1-12-38-34(7)40-28-45-48(46(61)29-60)36(9)42(57-45)26-41-35(8)39(52(58-41)50-51(55(64)65-11)54(63)49-37(10)43(59-53(49)50)27-44(38)56-40)22-23-47(62)66-25-24-33(6)21-15-20-32(5)19-14-18-31(4)17-13-16-30(2)3;/h24,26-28,30-32,34-35,38-39,51-52,60H,12-23,25,29H2,1-11H3,(H2-,56,57,61,63);/q-3;+2/p-1/b33-24+,41-26-,44-27-;/t31-,32-,34-,35+,38-,39+,51-,52-;/m1./s1. The summed E-state index contributed by atoms with van der Waals surface area (Å²) in [7, 11) is 1.30. The zero-order valence-electron chi connectivity index (χ0n) is 42.3. The molecule has 11 nitrogen and oxygen atoms in total. The number of hydrogen-bond acceptors (Lipinski definition) is 7. The van der Waals surface area contributed by atoms with Gasteiger partial charge in [0.1, 0.15) is 24.9 Å². The number of allylic oxidation sites excluding steroid dienone is 4. The van der Waals surface area contributed by atoms with Crippen LogP contribution in [-0.2, 0) is 19.1 Å². The first kappa shape index (κ1) is 53.9. The summed E-state index contributed by atoms with van der Waals surface area (Å²) in [5.74, 6) is -0.787. The minimum absolute atomic E-state index is 0. The third-order valence-corrected chi connectivity index (χ3v) is 15.1. The van der Waals surface area contributed by atoms with Crippen molar-refractivity contribution in [3.05, 3.63) is 83.7 Å². The number of fused-ring (bicyclic) bond motifs is 8. The fraction of sp³-hybridized carbons (Fsp3) is 0.618. The van der Waals surface area contributed by atoms with E-state index in [1.807, 2.05) is 45.1 Å². The van der Waals surface area contributed by atoms with E-state index in [1.54, 1.807) is 0 Å². The van der Waals surface area contributed by atoms with Gasteiger partial charge >= 0.3 is 35.0 Å². The van der Waals surface area contributed by atoms with E-state index >= 15 is 0 Å². The molecule has 0 aromatic carbocycles. The van der Waals surface area contributed by atoms with Crippen LogP contribution in [0.2, 0.25) is 0 Å². The molecule has 8 bridgehead atoms. The number of ether oxygens (including phenoxy) is 2. The number of nitrogens with zero attached hydrogens (tertiary/aromatic N) is 4. The average Bonchev–Trinajstić information content (AvgIpc) is 4.02. The Balaban J connectivity index is 0.00000840. The van der Waals surface area contributed by atoms with E-state index < -0.39 is 30.3 Å². The quantitative estimate of drug-likeness (QED) is 0.0536. The first-order chi connectivity index (χ1) is 31.5. The molecule has 3 aliphatic heterocycles. The first-order valence-electron chi connectivity index (χ1n) is 24.9. The molecule has 2 aromatic heterocycles. The zero-order valence-corrected chi connectivity index (χ0v) is 43.8. The molecule has 0 unspecified atom stereocenters. The van der Waals surface area contributed by atoms with Crippen molar-refractivity contribution in [3.63, 3.8) is 0 Å². The van der Waals surface area contributed by atoms with Gasteiger partial charge in [-0.15, -0.1) is 22.4 Å². The van der Waals surface area contributed by atoms with Gasteiger partial charge in [-0.05, 0) is 87.5 Å². The number of aromatic nitrogens is 2. The van der Waals surface area contributed by atoms with Crippen LogP contribution in [0.5, 0.6) is 0 Å². The monoisotopic (exact) mass is 929 g/mol. The molecule has 8 atom stereocenters. The Kier molecular flexibility index (Phi) is 19.3. The molecule has 2 aromatic rings. The summed E-state index contributed by atoms with van der Waals surface area (Å²) in [5.41, 5.74) is 7.33. The number of ketones is 1. The summed E-state index contributed by atoms with van der Waals surface area (Å²) in [6, 6.07) is -0.656. The van der Waals surface area contributed by atoms with Gasteiger partial charge < -0.3 is 40.3 Å². The third kappa shape index (κ3) is 12.2. The largest absolute Gasteiger partial charge is 2.00 e. The molecule has 2 saturated heterocycles. The van der Waals surface area contributed by atoms with Crippen LogP contribution in [-0.4, -0.2) is 77.4 Å². The maximum atomic E-state index is 13.7. The zero-order chi connectivity index (χ0) is 48.0. The van der Waals surface area contributed by atoms with E-state index in [2.05, 4.69) is 48.5 Å². The van der Waals surface area contributed by atoms with Crippen LogP contribution in [0.1, 0.15) is 171 Å². The second-order valence-corrected chi connectivity index (χ2v) is 20.4. The van der Waals surface area contributed by atoms with E-state index in [1.165, 1.54) is 57.6 Å². The first-order valence-corrected chi connectivity index (χ1v) is 24.9. The van der Waals surface area contributed by atoms with Crippen LogP contribution < -0.4 is 20.5 Å². The summed E-state index contributed by atoms with van der Waals surface area (Å²) in [4.78, 5) is 50.5. The van der Waals surface area contributed by atoms with Gasteiger partial charge in [-0.1, -0.05) is 146 Å². The third-order valence-electron chi connectivity index (χ3n) is 15.1. The fourth-order valence-electron chi connectivity index (χ4n) is 10.9. The molecule has 4 aliphatic rings. The molecule has 0 amide bonds. The number of hydrogen-bond donors (Lipinski definition) is 2. The SMILES string of the molecule is CC[C@H]1/C2=C/c3[n-]c4c(c3C)=C(O)[C@H](C(=O)OC)C=4[C@@H]3[N-]/C(=C\c4[n-]c(c(C(=O)CO)c4C)/C=C(\[N-]2)[C@@H]1C)[C@@H](C)[C@@H]3CCC(=O)OC/C=C(\C)CCC[C@H](C)CCC[C@H](C)CCCC(C)C.[Mg+2]. The van der Waals surface area contributed by atoms with Crippen LogP contribution in [0.3, 0.4) is 0 Å². The molecule has 1 aliphatic carbocycles. The number of carbonyl (C=O) groups is 3. The van der Waals surface area contributed by atoms with Crippen LogP contribution in [0.15, 0.2) is 28.7 Å². The van der Waals surface area contributed by atoms with E-state index in [0.717, 1.165) is 48.1 Å². The molecule has 12 heteroatoms. The Morgan fingerprint density at radius 1 is 0.821 bits per heavy atom. The van der Waals surface area contributed by atoms with E-state index in [4.69, 9.17) is 30.1 Å². The number of esters is 2. The number of Topliss-reactive ketones (excluding diaryl/α,β-unsaturated/α-hetero) is 1. The minimum Gasteiger partial charge on any atom is -0.681 e. The molecule has 2 N–H and O–H groups in total. The van der Waals surface area contributed by atoms with Crippen molar-refractivity contribution in [2.24, 2.45) is 47.3 Å². The van der Waals surface area contributed by atoms with Crippen LogP contribution in [0, 0.1) is 61.2 Å². The van der Waals surface area contributed by atoms with Crippen molar-refractivity contribution in [1.29, 1.82) is 0 Å². The summed E-state index contributed by atoms with van der Waals surface area (Å²) in [6.45, 7) is 21.0. The summed E-state index contributed by atoms with van der Waals surface area (Å²) >= 11 is 0.